The smallest absolute Gasteiger partial charge is 0.409 e. The number of nitrogens with one attached hydrogen (secondary N) is 2. The lowest BCUT2D eigenvalue weighted by atomic mass is 10.1. The molecule has 0 saturated carbocycles. The minimum Gasteiger partial charge on any atom is -0.497 e. The Morgan fingerprint density at radius 2 is 0.873 bits per heavy atom. The maximum Gasteiger partial charge on any atom is 0.409 e. The Bertz CT molecular complexity index is 2040. The van der Waals surface area contributed by atoms with E-state index in [9.17, 15) is 9.59 Å². The summed E-state index contributed by atoms with van der Waals surface area (Å²) in [7, 11) is 14.8. The van der Waals surface area contributed by atoms with E-state index in [4.69, 9.17) is 37.9 Å². The average molecular weight is 866 g/mol. The first-order chi connectivity index (χ1) is 30.4. The van der Waals surface area contributed by atoms with Crippen LogP contribution >= 0.6 is 0 Å². The zero-order valence-electron chi connectivity index (χ0n) is 37.3. The highest BCUT2D eigenvalue weighted by Crippen LogP contribution is 2.31. The third kappa shape index (κ3) is 15.9. The molecule has 5 aromatic rings. The van der Waals surface area contributed by atoms with Crippen LogP contribution in [0, 0.1) is 0 Å². The van der Waals surface area contributed by atoms with E-state index in [1.807, 2.05) is 166 Å². The van der Waals surface area contributed by atoms with Gasteiger partial charge in [0.15, 0.2) is 13.6 Å². The Hall–Kier alpha value is -6.84. The minimum atomic E-state index is -0.907. The molecule has 0 aliphatic carbocycles. The molecule has 0 aliphatic heterocycles. The van der Waals surface area contributed by atoms with Crippen molar-refractivity contribution in [3.05, 3.63) is 138 Å². The number of carbonyl (C=O) groups is 2. The lowest BCUT2D eigenvalue weighted by Crippen LogP contribution is -2.29. The zero-order valence-corrected chi connectivity index (χ0v) is 37.3. The summed E-state index contributed by atoms with van der Waals surface area (Å²) < 4.78 is 46.7. The second-order valence-corrected chi connectivity index (χ2v) is 15.0. The van der Waals surface area contributed by atoms with Crippen LogP contribution in [0.5, 0.6) is 23.0 Å². The monoisotopic (exact) mass is 865 g/mol. The maximum absolute atomic E-state index is 12.7. The van der Waals surface area contributed by atoms with E-state index in [1.165, 1.54) is 0 Å². The van der Waals surface area contributed by atoms with Crippen LogP contribution in [0.3, 0.4) is 0 Å². The summed E-state index contributed by atoms with van der Waals surface area (Å²) in [6, 6.07) is 36.1. The highest BCUT2D eigenvalue weighted by Gasteiger charge is 2.20. The Morgan fingerprint density at radius 3 is 1.24 bits per heavy atom. The largest absolute Gasteiger partial charge is 0.497 e. The number of benzene rings is 5. The van der Waals surface area contributed by atoms with Gasteiger partial charge in [-0.2, -0.15) is 0 Å². The highest BCUT2D eigenvalue weighted by atomic mass is 16.8. The fourth-order valence-electron chi connectivity index (χ4n) is 6.11. The quantitative estimate of drug-likeness (QED) is 0.0624. The molecule has 15 nitrogen and oxygen atoms in total. The topological polar surface area (TPSA) is 142 Å². The van der Waals surface area contributed by atoms with Gasteiger partial charge in [0, 0.05) is 103 Å². The second-order valence-electron chi connectivity index (χ2n) is 15.0. The molecule has 0 spiro atoms. The molecule has 0 saturated heterocycles. The van der Waals surface area contributed by atoms with E-state index in [-0.39, 0.29) is 39.5 Å². The van der Waals surface area contributed by atoms with Gasteiger partial charge in [-0.25, -0.2) is 9.59 Å². The van der Waals surface area contributed by atoms with Gasteiger partial charge in [0.2, 0.25) is 12.6 Å². The van der Waals surface area contributed by atoms with Crippen LogP contribution < -0.4 is 44.3 Å². The van der Waals surface area contributed by atoms with Crippen molar-refractivity contribution in [1.82, 2.24) is 10.6 Å². The van der Waals surface area contributed by atoms with Gasteiger partial charge in [-0.1, -0.05) is 48.5 Å². The van der Waals surface area contributed by atoms with Crippen LogP contribution in [0.1, 0.15) is 22.3 Å². The van der Waals surface area contributed by atoms with Crippen LogP contribution in [0.4, 0.5) is 26.7 Å². The number of anilines is 3. The normalized spacial score (nSPS) is 11.7. The van der Waals surface area contributed by atoms with Crippen molar-refractivity contribution < 1.29 is 47.5 Å². The SMILES string of the molecule is COc1cccc(CC(OCOC(=O)NCc2ccc(N(C)C)cc2)Oc2cc(OC(Cc3cccc(OC)c3)OCOC(=O)NCc3ccc(N(C)C)cc3)cc(N(C)C)c2)c1. The second kappa shape index (κ2) is 24.0. The van der Waals surface area contributed by atoms with Gasteiger partial charge in [-0.05, 0) is 70.8 Å². The van der Waals surface area contributed by atoms with Crippen molar-refractivity contribution in [2.45, 2.75) is 38.5 Å². The Kier molecular flexibility index (Phi) is 18.0. The fourth-order valence-corrected chi connectivity index (χ4v) is 6.11. The van der Waals surface area contributed by atoms with E-state index in [0.29, 0.717) is 23.0 Å². The summed E-state index contributed by atoms with van der Waals surface area (Å²) in [5.41, 5.74) is 6.43. The lowest BCUT2D eigenvalue weighted by molar-refractivity contribution is -0.138. The van der Waals surface area contributed by atoms with Crippen molar-refractivity contribution >= 4 is 29.2 Å². The van der Waals surface area contributed by atoms with Gasteiger partial charge in [0.05, 0.1) is 14.2 Å². The molecule has 2 unspecified atom stereocenters. The predicted molar refractivity (Wildman–Crippen MR) is 243 cm³/mol. The summed E-state index contributed by atoms with van der Waals surface area (Å²) >= 11 is 0. The molecule has 2 N–H and O–H groups in total. The van der Waals surface area contributed by atoms with Gasteiger partial charge in [0.25, 0.3) is 0 Å². The van der Waals surface area contributed by atoms with Crippen LogP contribution in [0.25, 0.3) is 0 Å². The zero-order chi connectivity index (χ0) is 45.1. The molecule has 2 amide bonds. The minimum absolute atomic E-state index is 0.282. The summed E-state index contributed by atoms with van der Waals surface area (Å²) in [5.74, 6) is 2.15. The lowest BCUT2D eigenvalue weighted by Gasteiger charge is -2.24. The molecule has 63 heavy (non-hydrogen) atoms. The maximum atomic E-state index is 12.7. The average Bonchev–Trinajstić information content (AvgIpc) is 3.27. The molecule has 336 valence electrons. The fraction of sp³-hybridized carbons (Fsp3) is 0.333. The molecular weight excluding hydrogens is 807 g/mol. The van der Waals surface area contributed by atoms with Crippen LogP contribution in [0.15, 0.2) is 115 Å². The van der Waals surface area contributed by atoms with Crippen LogP contribution in [0.2, 0.25) is 0 Å². The van der Waals surface area contributed by atoms with Gasteiger partial charge >= 0.3 is 12.2 Å². The van der Waals surface area contributed by atoms with E-state index >= 15 is 0 Å². The first kappa shape index (κ1) is 47.2. The molecule has 0 aromatic heterocycles. The van der Waals surface area contributed by atoms with Gasteiger partial charge < -0.3 is 63.2 Å². The number of rotatable bonds is 23. The van der Waals surface area contributed by atoms with Crippen molar-refractivity contribution in [3.63, 3.8) is 0 Å². The first-order valence-corrected chi connectivity index (χ1v) is 20.4. The van der Waals surface area contributed by atoms with Crippen LogP contribution in [-0.4, -0.2) is 94.9 Å². The van der Waals surface area contributed by atoms with Crippen molar-refractivity contribution in [2.24, 2.45) is 0 Å². The summed E-state index contributed by atoms with van der Waals surface area (Å²) in [6.45, 7) is -0.206. The van der Waals surface area contributed by atoms with Crippen LogP contribution in [-0.2, 0) is 44.9 Å². The Labute approximate surface area is 370 Å². The van der Waals surface area contributed by atoms with Gasteiger partial charge in [-0.15, -0.1) is 0 Å². The number of ether oxygens (including phenoxy) is 8. The molecule has 5 aromatic carbocycles. The summed E-state index contributed by atoms with van der Waals surface area (Å²) in [6.07, 6.45) is -2.53. The van der Waals surface area contributed by atoms with Crippen molar-refractivity contribution in [1.29, 1.82) is 0 Å². The number of methoxy groups -OCH3 is 2. The predicted octanol–water partition coefficient (Wildman–Crippen LogP) is 7.60. The summed E-state index contributed by atoms with van der Waals surface area (Å²) in [5, 5.41) is 5.52. The highest BCUT2D eigenvalue weighted by molar-refractivity contribution is 5.67. The summed E-state index contributed by atoms with van der Waals surface area (Å²) in [4.78, 5) is 31.3. The van der Waals surface area contributed by atoms with Gasteiger partial charge in [0.1, 0.15) is 23.0 Å². The Morgan fingerprint density at radius 1 is 0.476 bits per heavy atom. The molecular formula is C48H59N5O10. The third-order valence-electron chi connectivity index (χ3n) is 9.66. The molecule has 0 radical (unpaired) electrons. The first-order valence-electron chi connectivity index (χ1n) is 20.4. The van der Waals surface area contributed by atoms with E-state index in [1.54, 1.807) is 20.3 Å². The molecule has 0 bridgehead atoms. The third-order valence-corrected chi connectivity index (χ3v) is 9.66. The number of hydrogen-bond acceptors (Lipinski definition) is 13. The van der Waals surface area contributed by atoms with E-state index < -0.39 is 24.8 Å². The van der Waals surface area contributed by atoms with Crippen molar-refractivity contribution in [2.75, 3.05) is 84.8 Å². The van der Waals surface area contributed by atoms with E-state index in [0.717, 1.165) is 39.3 Å². The standard InChI is InChI=1S/C48H59N5O10/c1-51(2)38-19-15-34(16-20-38)30-49-47(54)60-32-58-45(25-36-11-9-13-41(23-36)56-7)62-43-27-40(53(5)6)28-44(29-43)63-46(26-37-12-10-14-42(24-37)57-8)59-33-61-48(55)50-31-35-17-21-39(22-18-35)52(3)4/h9-24,27-29,45-46H,25-26,30-33H2,1-8H3,(H,49,54)(H,50,55). The van der Waals surface area contributed by atoms with Crippen molar-refractivity contribution in [3.8, 4) is 23.0 Å². The van der Waals surface area contributed by atoms with E-state index in [2.05, 4.69) is 10.6 Å². The molecule has 5 rings (SSSR count). The molecule has 2 atom stereocenters. The molecule has 0 aliphatic rings. The number of carbonyl (C=O) groups excluding carboxylic acids is 2. The number of alkyl carbamates (subject to hydrolysis) is 2. The number of nitrogens with zero attached hydrogens (tertiary/aromatic N) is 3. The number of amides is 2. The molecule has 0 fully saturated rings. The molecule has 15 heteroatoms. The van der Waals surface area contributed by atoms with Gasteiger partial charge in [-0.3, -0.25) is 0 Å². The molecule has 0 heterocycles. The Balaban J connectivity index is 1.27. The number of hydrogen-bond donors (Lipinski definition) is 2.